The van der Waals surface area contributed by atoms with Gasteiger partial charge in [0.1, 0.15) is 4.60 Å². The van der Waals surface area contributed by atoms with E-state index in [1.165, 1.54) is 0 Å². The van der Waals surface area contributed by atoms with Crippen molar-refractivity contribution < 1.29 is 23.1 Å². The predicted octanol–water partition coefficient (Wildman–Crippen LogP) is 3.21. The second kappa shape index (κ2) is 3.97. The molecule has 0 saturated carbocycles. The lowest BCUT2D eigenvalue weighted by Crippen LogP contribution is -2.11. The summed E-state index contributed by atoms with van der Waals surface area (Å²) in [5.74, 6) is -1.41. The average molecular weight is 304 g/mol. The Bertz CT molecular complexity index is 421. The first-order valence-electron chi connectivity index (χ1n) is 3.40. The monoisotopic (exact) mass is 303 g/mol. The molecule has 0 fully saturated rings. The number of nitrogens with zero attached hydrogens (tertiary/aromatic N) is 1. The van der Waals surface area contributed by atoms with Crippen LogP contribution in [0.15, 0.2) is 10.7 Å². The summed E-state index contributed by atoms with van der Waals surface area (Å²) in [7, 11) is 0. The van der Waals surface area contributed by atoms with Crippen molar-refractivity contribution in [1.82, 2.24) is 4.98 Å². The summed E-state index contributed by atoms with van der Waals surface area (Å²) >= 11 is 7.89. The number of hydrogen-bond donors (Lipinski definition) is 1. The van der Waals surface area contributed by atoms with E-state index >= 15 is 0 Å². The van der Waals surface area contributed by atoms with Gasteiger partial charge >= 0.3 is 12.1 Å². The lowest BCUT2D eigenvalue weighted by Gasteiger charge is -2.09. The third-order valence-corrected chi connectivity index (χ3v) is 2.32. The van der Waals surface area contributed by atoms with Crippen molar-refractivity contribution in [1.29, 1.82) is 0 Å². The maximum absolute atomic E-state index is 12.2. The summed E-state index contributed by atoms with van der Waals surface area (Å²) in [6.07, 6.45) is -4.71. The Balaban J connectivity index is 3.39. The molecule has 1 aromatic rings. The Morgan fingerprint density at radius 2 is 2.07 bits per heavy atom. The maximum Gasteiger partial charge on any atom is 0.434 e. The molecule has 1 N–H and O–H groups in total. The van der Waals surface area contributed by atoms with Crippen molar-refractivity contribution in [3.63, 3.8) is 0 Å². The van der Waals surface area contributed by atoms with Gasteiger partial charge in [-0.2, -0.15) is 13.2 Å². The molecular formula is C7H2BrClF3NO2. The molecule has 15 heavy (non-hydrogen) atoms. The van der Waals surface area contributed by atoms with Crippen LogP contribution in [0.25, 0.3) is 0 Å². The van der Waals surface area contributed by atoms with Gasteiger partial charge in [-0.05, 0) is 22.0 Å². The van der Waals surface area contributed by atoms with Crippen molar-refractivity contribution in [2.24, 2.45) is 0 Å². The van der Waals surface area contributed by atoms with Crippen LogP contribution in [0.1, 0.15) is 16.1 Å². The molecule has 1 heterocycles. The predicted molar refractivity (Wildman–Crippen MR) is 48.9 cm³/mol. The standard InChI is InChI=1S/C7H2BrClF3NO2/c8-5-2(6(14)15)1-3(9)4(13-5)7(10,11)12/h1H,(H,14,15). The largest absolute Gasteiger partial charge is 0.478 e. The van der Waals surface area contributed by atoms with Gasteiger partial charge in [-0.3, -0.25) is 0 Å². The lowest BCUT2D eigenvalue weighted by atomic mass is 10.2. The van der Waals surface area contributed by atoms with Crippen LogP contribution in [0, 0.1) is 0 Å². The SMILES string of the molecule is O=C(O)c1cc(Cl)c(C(F)(F)F)nc1Br. The van der Waals surface area contributed by atoms with E-state index in [-0.39, 0.29) is 0 Å². The maximum atomic E-state index is 12.2. The van der Waals surface area contributed by atoms with Crippen LogP contribution >= 0.6 is 27.5 Å². The van der Waals surface area contributed by atoms with Gasteiger partial charge < -0.3 is 5.11 Å². The third kappa shape index (κ3) is 2.60. The van der Waals surface area contributed by atoms with Gasteiger partial charge in [0.25, 0.3) is 0 Å². The first-order chi connectivity index (χ1) is 6.73. The molecule has 82 valence electrons. The number of carbonyl (C=O) groups is 1. The minimum atomic E-state index is -4.71. The van der Waals surface area contributed by atoms with Crippen LogP contribution in [0.3, 0.4) is 0 Å². The smallest absolute Gasteiger partial charge is 0.434 e. The van der Waals surface area contributed by atoms with E-state index in [0.717, 1.165) is 0 Å². The number of alkyl halides is 3. The molecule has 1 aromatic heterocycles. The number of aromatic carboxylic acids is 1. The molecule has 0 aromatic carbocycles. The zero-order valence-electron chi connectivity index (χ0n) is 6.77. The molecule has 0 spiro atoms. The second-order valence-electron chi connectivity index (χ2n) is 2.46. The highest BCUT2D eigenvalue weighted by Gasteiger charge is 2.36. The minimum absolute atomic E-state index is 0.410. The van der Waals surface area contributed by atoms with Crippen LogP contribution in [-0.4, -0.2) is 16.1 Å². The Hall–Kier alpha value is -0.820. The van der Waals surface area contributed by atoms with Gasteiger partial charge in [0.2, 0.25) is 0 Å². The molecule has 0 aliphatic rings. The molecule has 0 saturated heterocycles. The van der Waals surface area contributed by atoms with Crippen molar-refractivity contribution >= 4 is 33.5 Å². The van der Waals surface area contributed by atoms with Gasteiger partial charge in [-0.15, -0.1) is 0 Å². The van der Waals surface area contributed by atoms with Gasteiger partial charge in [0, 0.05) is 0 Å². The summed E-state index contributed by atoms with van der Waals surface area (Å²) in [5.41, 5.74) is -1.74. The molecule has 0 aliphatic heterocycles. The fraction of sp³-hybridized carbons (Fsp3) is 0.143. The molecular weight excluding hydrogens is 302 g/mol. The molecule has 0 radical (unpaired) electrons. The van der Waals surface area contributed by atoms with Crippen LogP contribution < -0.4 is 0 Å². The van der Waals surface area contributed by atoms with Gasteiger partial charge in [-0.25, -0.2) is 9.78 Å². The highest BCUT2D eigenvalue weighted by molar-refractivity contribution is 9.10. The second-order valence-corrected chi connectivity index (χ2v) is 3.62. The number of pyridine rings is 1. The van der Waals surface area contributed by atoms with E-state index < -0.39 is 33.0 Å². The van der Waals surface area contributed by atoms with E-state index in [1.54, 1.807) is 0 Å². The quantitative estimate of drug-likeness (QED) is 0.811. The Kier molecular flexibility index (Phi) is 3.25. The molecule has 1 rings (SSSR count). The first kappa shape index (κ1) is 12.3. The molecule has 3 nitrogen and oxygen atoms in total. The molecule has 0 amide bonds. The highest BCUT2D eigenvalue weighted by Crippen LogP contribution is 2.35. The lowest BCUT2D eigenvalue weighted by molar-refractivity contribution is -0.141. The number of hydrogen-bond acceptors (Lipinski definition) is 2. The molecule has 0 unspecified atom stereocenters. The zero-order valence-corrected chi connectivity index (χ0v) is 9.11. The van der Waals surface area contributed by atoms with E-state index in [0.29, 0.717) is 6.07 Å². The summed E-state index contributed by atoms with van der Waals surface area (Å²) < 4.78 is 36.3. The summed E-state index contributed by atoms with van der Waals surface area (Å²) in [6, 6.07) is 0.698. The number of carboxylic acids is 1. The normalized spacial score (nSPS) is 11.5. The minimum Gasteiger partial charge on any atom is -0.478 e. The fourth-order valence-electron chi connectivity index (χ4n) is 0.815. The summed E-state index contributed by atoms with van der Waals surface area (Å²) in [4.78, 5) is 13.6. The van der Waals surface area contributed by atoms with E-state index in [9.17, 15) is 18.0 Å². The first-order valence-corrected chi connectivity index (χ1v) is 4.57. The van der Waals surface area contributed by atoms with Gasteiger partial charge in [0.05, 0.1) is 10.6 Å². The average Bonchev–Trinajstić information content (AvgIpc) is 2.06. The number of halogens is 5. The van der Waals surface area contributed by atoms with Crippen molar-refractivity contribution in [2.75, 3.05) is 0 Å². The fourth-order valence-corrected chi connectivity index (χ4v) is 1.54. The third-order valence-electron chi connectivity index (χ3n) is 1.43. The Morgan fingerprint density at radius 1 is 1.53 bits per heavy atom. The zero-order chi connectivity index (χ0) is 11.8. The number of aromatic nitrogens is 1. The van der Waals surface area contributed by atoms with Crippen LogP contribution in [-0.2, 0) is 6.18 Å². The van der Waals surface area contributed by atoms with Crippen LogP contribution in [0.2, 0.25) is 5.02 Å². The topological polar surface area (TPSA) is 50.2 Å². The van der Waals surface area contributed by atoms with Crippen molar-refractivity contribution in [2.45, 2.75) is 6.18 Å². The van der Waals surface area contributed by atoms with E-state index in [4.69, 9.17) is 16.7 Å². The number of rotatable bonds is 1. The Labute approximate surface area is 95.0 Å². The van der Waals surface area contributed by atoms with Crippen molar-refractivity contribution in [3.05, 3.63) is 26.9 Å². The number of carboxylic acid groups (broad SMARTS) is 1. The van der Waals surface area contributed by atoms with Gasteiger partial charge in [0.15, 0.2) is 5.69 Å². The van der Waals surface area contributed by atoms with E-state index in [1.807, 2.05) is 0 Å². The molecule has 0 bridgehead atoms. The molecule has 0 atom stereocenters. The van der Waals surface area contributed by atoms with Crippen molar-refractivity contribution in [3.8, 4) is 0 Å². The summed E-state index contributed by atoms with van der Waals surface area (Å²) in [5, 5.41) is 7.83. The molecule has 8 heteroatoms. The molecule has 0 aliphatic carbocycles. The van der Waals surface area contributed by atoms with Crippen LogP contribution in [0.4, 0.5) is 13.2 Å². The van der Waals surface area contributed by atoms with Gasteiger partial charge in [-0.1, -0.05) is 11.6 Å². The summed E-state index contributed by atoms with van der Waals surface area (Å²) in [6.45, 7) is 0. The van der Waals surface area contributed by atoms with E-state index in [2.05, 4.69) is 20.9 Å². The van der Waals surface area contributed by atoms with Crippen LogP contribution in [0.5, 0.6) is 0 Å². The highest BCUT2D eigenvalue weighted by atomic mass is 79.9. The Morgan fingerprint density at radius 3 is 2.47 bits per heavy atom.